The lowest BCUT2D eigenvalue weighted by Crippen LogP contribution is -2.01. The minimum absolute atomic E-state index is 0.0247. The Morgan fingerprint density at radius 1 is 1.12 bits per heavy atom. The summed E-state index contributed by atoms with van der Waals surface area (Å²) < 4.78 is 16.3. The molecule has 0 saturated heterocycles. The molecule has 0 aliphatic heterocycles. The van der Waals surface area contributed by atoms with Crippen LogP contribution in [0.1, 0.15) is 18.4 Å². The van der Waals surface area contributed by atoms with E-state index < -0.39 is 5.97 Å². The third kappa shape index (κ3) is 4.60. The molecule has 26 heavy (non-hydrogen) atoms. The first-order chi connectivity index (χ1) is 12.8. The highest BCUT2D eigenvalue weighted by Gasteiger charge is 2.08. The standard InChI is InChI=1S/C21H19NO4/c1-2-24-18-11-7-6-10-17(18)12-13-21(23)25-15-20-22-14-19(26-20)16-8-4-3-5-9-16/h3-14H,2,15H2,1H3/b13-12+. The molecule has 1 heterocycles. The van der Waals surface area contributed by atoms with Crippen molar-refractivity contribution in [3.63, 3.8) is 0 Å². The van der Waals surface area contributed by atoms with Crippen molar-refractivity contribution in [3.05, 3.63) is 78.3 Å². The number of benzene rings is 2. The first kappa shape index (κ1) is 17.5. The Labute approximate surface area is 151 Å². The van der Waals surface area contributed by atoms with E-state index in [2.05, 4.69) is 4.98 Å². The SMILES string of the molecule is CCOc1ccccc1/C=C/C(=O)OCc1ncc(-c2ccccc2)o1. The van der Waals surface area contributed by atoms with E-state index in [0.29, 0.717) is 18.3 Å². The van der Waals surface area contributed by atoms with Gasteiger partial charge in [0.1, 0.15) is 5.75 Å². The van der Waals surface area contributed by atoms with Gasteiger partial charge in [-0.3, -0.25) is 0 Å². The average Bonchev–Trinajstić information content (AvgIpc) is 3.16. The Kier molecular flexibility index (Phi) is 5.83. The fourth-order valence-electron chi connectivity index (χ4n) is 2.36. The molecular formula is C21H19NO4. The van der Waals surface area contributed by atoms with Crippen molar-refractivity contribution in [1.82, 2.24) is 4.98 Å². The van der Waals surface area contributed by atoms with E-state index in [1.165, 1.54) is 6.08 Å². The smallest absolute Gasteiger partial charge is 0.331 e. The topological polar surface area (TPSA) is 61.6 Å². The zero-order chi connectivity index (χ0) is 18.2. The summed E-state index contributed by atoms with van der Waals surface area (Å²) in [6.07, 6.45) is 4.64. The number of oxazole rings is 1. The number of hydrogen-bond acceptors (Lipinski definition) is 5. The van der Waals surface area contributed by atoms with Crippen molar-refractivity contribution in [3.8, 4) is 17.1 Å². The van der Waals surface area contributed by atoms with E-state index in [4.69, 9.17) is 13.9 Å². The van der Waals surface area contributed by atoms with Crippen LogP contribution in [0, 0.1) is 0 Å². The van der Waals surface area contributed by atoms with Crippen LogP contribution in [0.4, 0.5) is 0 Å². The summed E-state index contributed by atoms with van der Waals surface area (Å²) in [5, 5.41) is 0. The molecule has 5 heteroatoms. The Bertz CT molecular complexity index is 884. The Balaban J connectivity index is 1.57. The number of carbonyl (C=O) groups is 1. The Morgan fingerprint density at radius 3 is 2.69 bits per heavy atom. The molecule has 132 valence electrons. The molecule has 1 aromatic heterocycles. The number of carbonyl (C=O) groups excluding carboxylic acids is 1. The van der Waals surface area contributed by atoms with Gasteiger partial charge in [0.25, 0.3) is 0 Å². The van der Waals surface area contributed by atoms with Crippen molar-refractivity contribution in [2.24, 2.45) is 0 Å². The predicted molar refractivity (Wildman–Crippen MR) is 98.4 cm³/mol. The minimum atomic E-state index is -0.476. The van der Waals surface area contributed by atoms with Crippen LogP contribution >= 0.6 is 0 Å². The summed E-state index contributed by atoms with van der Waals surface area (Å²) in [6, 6.07) is 17.1. The van der Waals surface area contributed by atoms with Crippen LogP contribution in [0.5, 0.6) is 5.75 Å². The maximum atomic E-state index is 11.9. The highest BCUT2D eigenvalue weighted by Crippen LogP contribution is 2.21. The third-order valence-electron chi connectivity index (χ3n) is 3.57. The monoisotopic (exact) mass is 349 g/mol. The van der Waals surface area contributed by atoms with E-state index in [0.717, 1.165) is 16.9 Å². The van der Waals surface area contributed by atoms with E-state index >= 15 is 0 Å². The molecule has 0 N–H and O–H groups in total. The van der Waals surface area contributed by atoms with Crippen LogP contribution in [0.2, 0.25) is 0 Å². The lowest BCUT2D eigenvalue weighted by Gasteiger charge is -2.06. The number of rotatable bonds is 7. The molecule has 0 bridgehead atoms. The van der Waals surface area contributed by atoms with Crippen molar-refractivity contribution in [2.75, 3.05) is 6.61 Å². The first-order valence-corrected chi connectivity index (χ1v) is 8.33. The molecule has 0 unspecified atom stereocenters. The van der Waals surface area contributed by atoms with Gasteiger partial charge in [0.15, 0.2) is 12.4 Å². The number of esters is 1. The van der Waals surface area contributed by atoms with Crippen LogP contribution < -0.4 is 4.74 Å². The van der Waals surface area contributed by atoms with Crippen molar-refractivity contribution in [1.29, 1.82) is 0 Å². The second kappa shape index (κ2) is 8.67. The largest absolute Gasteiger partial charge is 0.493 e. The van der Waals surface area contributed by atoms with Gasteiger partial charge in [-0.1, -0.05) is 48.5 Å². The van der Waals surface area contributed by atoms with Gasteiger partial charge in [-0.2, -0.15) is 0 Å². The van der Waals surface area contributed by atoms with Gasteiger partial charge >= 0.3 is 5.97 Å². The molecule has 5 nitrogen and oxygen atoms in total. The Hall–Kier alpha value is -3.34. The fourth-order valence-corrected chi connectivity index (χ4v) is 2.36. The maximum Gasteiger partial charge on any atom is 0.331 e. The van der Waals surface area contributed by atoms with E-state index in [-0.39, 0.29) is 6.61 Å². The van der Waals surface area contributed by atoms with Crippen molar-refractivity contribution in [2.45, 2.75) is 13.5 Å². The quantitative estimate of drug-likeness (QED) is 0.464. The molecule has 0 amide bonds. The zero-order valence-electron chi connectivity index (χ0n) is 14.4. The van der Waals surface area contributed by atoms with Crippen molar-refractivity contribution >= 4 is 12.0 Å². The van der Waals surface area contributed by atoms with E-state index in [1.807, 2.05) is 61.5 Å². The molecule has 0 fully saturated rings. The summed E-state index contributed by atoms with van der Waals surface area (Å²) in [5.74, 6) is 1.23. The molecule has 0 atom stereocenters. The summed E-state index contributed by atoms with van der Waals surface area (Å²) in [7, 11) is 0. The molecule has 0 radical (unpaired) electrons. The van der Waals surface area contributed by atoms with Gasteiger partial charge in [0.2, 0.25) is 5.89 Å². The molecule has 3 rings (SSSR count). The van der Waals surface area contributed by atoms with Crippen LogP contribution in [-0.4, -0.2) is 17.6 Å². The molecule has 0 aliphatic carbocycles. The summed E-state index contributed by atoms with van der Waals surface area (Å²) in [5.41, 5.74) is 1.73. The lowest BCUT2D eigenvalue weighted by atomic mass is 10.2. The second-order valence-electron chi connectivity index (χ2n) is 5.40. The van der Waals surface area contributed by atoms with Crippen molar-refractivity contribution < 1.29 is 18.7 Å². The number of hydrogen-bond donors (Lipinski definition) is 0. The van der Waals surface area contributed by atoms with Gasteiger partial charge in [0, 0.05) is 17.2 Å². The molecule has 2 aromatic carbocycles. The van der Waals surface area contributed by atoms with Gasteiger partial charge in [-0.25, -0.2) is 9.78 Å². The highest BCUT2D eigenvalue weighted by molar-refractivity contribution is 5.87. The Morgan fingerprint density at radius 2 is 1.88 bits per heavy atom. The van der Waals surface area contributed by atoms with Crippen LogP contribution in [-0.2, 0) is 16.1 Å². The predicted octanol–water partition coefficient (Wildman–Crippen LogP) is 4.50. The highest BCUT2D eigenvalue weighted by atomic mass is 16.5. The van der Waals surface area contributed by atoms with Crippen LogP contribution in [0.3, 0.4) is 0 Å². The van der Waals surface area contributed by atoms with Crippen LogP contribution in [0.15, 0.2) is 71.3 Å². The zero-order valence-corrected chi connectivity index (χ0v) is 14.4. The summed E-state index contributed by atoms with van der Waals surface area (Å²) in [6.45, 7) is 2.45. The lowest BCUT2D eigenvalue weighted by molar-refractivity contribution is -0.139. The van der Waals surface area contributed by atoms with E-state index in [1.54, 1.807) is 12.3 Å². The first-order valence-electron chi connectivity index (χ1n) is 8.33. The fraction of sp³-hybridized carbons (Fsp3) is 0.143. The molecular weight excluding hydrogens is 330 g/mol. The summed E-state index contributed by atoms with van der Waals surface area (Å²) >= 11 is 0. The number of aromatic nitrogens is 1. The molecule has 0 aliphatic rings. The normalized spacial score (nSPS) is 10.8. The van der Waals surface area contributed by atoms with E-state index in [9.17, 15) is 4.79 Å². The third-order valence-corrected chi connectivity index (χ3v) is 3.57. The second-order valence-corrected chi connectivity index (χ2v) is 5.40. The molecule has 0 spiro atoms. The molecule has 0 saturated carbocycles. The maximum absolute atomic E-state index is 11.9. The number of ether oxygens (including phenoxy) is 2. The number of nitrogens with zero attached hydrogens (tertiary/aromatic N) is 1. The van der Waals surface area contributed by atoms with Crippen LogP contribution in [0.25, 0.3) is 17.4 Å². The minimum Gasteiger partial charge on any atom is -0.493 e. The summed E-state index contributed by atoms with van der Waals surface area (Å²) in [4.78, 5) is 16.0. The average molecular weight is 349 g/mol. The number of para-hydroxylation sites is 1. The molecule has 3 aromatic rings. The van der Waals surface area contributed by atoms with Gasteiger partial charge in [-0.05, 0) is 19.1 Å². The van der Waals surface area contributed by atoms with Gasteiger partial charge < -0.3 is 13.9 Å². The van der Waals surface area contributed by atoms with Gasteiger partial charge in [0.05, 0.1) is 12.8 Å². The van der Waals surface area contributed by atoms with Gasteiger partial charge in [-0.15, -0.1) is 0 Å².